The van der Waals surface area contributed by atoms with Crippen molar-refractivity contribution in [3.8, 4) is 0 Å². The quantitative estimate of drug-likeness (QED) is 0.753. The van der Waals surface area contributed by atoms with E-state index < -0.39 is 21.9 Å². The highest BCUT2D eigenvalue weighted by Crippen LogP contribution is 2.29. The summed E-state index contributed by atoms with van der Waals surface area (Å²) in [6.07, 6.45) is 0. The van der Waals surface area contributed by atoms with Crippen LogP contribution in [0.2, 0.25) is 0 Å². The van der Waals surface area contributed by atoms with Gasteiger partial charge in [0.05, 0.1) is 6.04 Å². The molecule has 0 aliphatic rings. The van der Waals surface area contributed by atoms with E-state index in [1.54, 1.807) is 0 Å². The van der Waals surface area contributed by atoms with Gasteiger partial charge in [-0.1, -0.05) is 18.2 Å². The third kappa shape index (κ3) is 3.12. The van der Waals surface area contributed by atoms with Crippen LogP contribution in [0.3, 0.4) is 0 Å². The lowest BCUT2D eigenvalue weighted by Crippen LogP contribution is -2.29. The number of thiophene rings is 2. The van der Waals surface area contributed by atoms with Gasteiger partial charge in [-0.2, -0.15) is 16.1 Å². The molecule has 0 radical (unpaired) electrons. The molecule has 3 nitrogen and oxygen atoms in total. The monoisotopic (exact) mass is 353 g/mol. The van der Waals surface area contributed by atoms with Crippen LogP contribution in [0.4, 0.5) is 4.39 Å². The predicted octanol–water partition coefficient (Wildman–Crippen LogP) is 4.02. The highest BCUT2D eigenvalue weighted by atomic mass is 32.2. The first-order chi connectivity index (χ1) is 10.6. The maximum Gasteiger partial charge on any atom is 0.244 e. The molecular weight excluding hydrogens is 341 g/mol. The largest absolute Gasteiger partial charge is 0.244 e. The van der Waals surface area contributed by atoms with E-state index in [0.29, 0.717) is 0 Å². The van der Waals surface area contributed by atoms with E-state index >= 15 is 0 Å². The molecule has 2 heterocycles. The van der Waals surface area contributed by atoms with Gasteiger partial charge in [-0.05, 0) is 46.0 Å². The number of halogens is 1. The van der Waals surface area contributed by atoms with Crippen molar-refractivity contribution in [2.24, 2.45) is 0 Å². The molecule has 22 heavy (non-hydrogen) atoms. The number of nitrogens with one attached hydrogen (secondary N) is 1. The van der Waals surface area contributed by atoms with Crippen molar-refractivity contribution in [3.63, 3.8) is 0 Å². The zero-order chi connectivity index (χ0) is 15.6. The summed E-state index contributed by atoms with van der Waals surface area (Å²) in [5, 5.41) is 5.65. The van der Waals surface area contributed by atoms with Crippen LogP contribution in [-0.2, 0) is 10.0 Å². The fraction of sp³-hybridized carbons (Fsp3) is 0.0667. The summed E-state index contributed by atoms with van der Waals surface area (Å²) in [7, 11) is -3.96. The maximum atomic E-state index is 13.8. The van der Waals surface area contributed by atoms with Crippen molar-refractivity contribution < 1.29 is 12.8 Å². The van der Waals surface area contributed by atoms with E-state index in [2.05, 4.69) is 4.72 Å². The zero-order valence-electron chi connectivity index (χ0n) is 11.3. The number of hydrogen-bond donors (Lipinski definition) is 1. The van der Waals surface area contributed by atoms with Gasteiger partial charge in [0.1, 0.15) is 10.7 Å². The summed E-state index contributed by atoms with van der Waals surface area (Å²) >= 11 is 2.94. The molecule has 0 saturated carbocycles. The Hall–Kier alpha value is -1.54. The van der Waals surface area contributed by atoms with Crippen molar-refractivity contribution in [2.75, 3.05) is 0 Å². The molecule has 3 aromatic rings. The lowest BCUT2D eigenvalue weighted by atomic mass is 10.1. The van der Waals surface area contributed by atoms with Crippen LogP contribution < -0.4 is 4.72 Å². The van der Waals surface area contributed by atoms with E-state index in [-0.39, 0.29) is 4.90 Å². The van der Waals surface area contributed by atoms with Crippen LogP contribution in [0.25, 0.3) is 0 Å². The summed E-state index contributed by atoms with van der Waals surface area (Å²) in [5.74, 6) is -0.759. The molecule has 0 bridgehead atoms. The number of sulfonamides is 1. The summed E-state index contributed by atoms with van der Waals surface area (Å²) in [6.45, 7) is 0. The Morgan fingerprint density at radius 2 is 1.86 bits per heavy atom. The number of rotatable bonds is 5. The molecule has 3 rings (SSSR count). The van der Waals surface area contributed by atoms with Crippen LogP contribution in [-0.4, -0.2) is 8.42 Å². The van der Waals surface area contributed by atoms with Gasteiger partial charge in [0, 0.05) is 4.88 Å². The molecular formula is C15H12FNO2S3. The van der Waals surface area contributed by atoms with E-state index in [0.717, 1.165) is 16.5 Å². The van der Waals surface area contributed by atoms with E-state index in [1.807, 2.05) is 34.3 Å². The normalized spacial score (nSPS) is 13.1. The molecule has 1 atom stereocenters. The van der Waals surface area contributed by atoms with Crippen LogP contribution in [0.5, 0.6) is 0 Å². The molecule has 1 aromatic carbocycles. The molecule has 0 fully saturated rings. The van der Waals surface area contributed by atoms with Gasteiger partial charge < -0.3 is 0 Å². The Morgan fingerprint density at radius 3 is 2.50 bits per heavy atom. The standard InChI is InChI=1S/C15H12FNO2S3/c16-12-4-1-2-6-14(12)22(18,19)17-15(11-7-9-20-10-11)13-5-3-8-21-13/h1-10,15,17H. The molecule has 1 unspecified atom stereocenters. The second-order valence-electron chi connectivity index (χ2n) is 4.56. The Balaban J connectivity index is 1.99. The van der Waals surface area contributed by atoms with Crippen LogP contribution in [0, 0.1) is 5.82 Å². The van der Waals surface area contributed by atoms with Crippen molar-refractivity contribution >= 4 is 32.7 Å². The lowest BCUT2D eigenvalue weighted by molar-refractivity contribution is 0.551. The van der Waals surface area contributed by atoms with Crippen molar-refractivity contribution in [1.29, 1.82) is 0 Å². The van der Waals surface area contributed by atoms with Gasteiger partial charge in [-0.15, -0.1) is 11.3 Å². The average molecular weight is 353 g/mol. The third-order valence-electron chi connectivity index (χ3n) is 3.10. The van der Waals surface area contributed by atoms with Gasteiger partial charge >= 0.3 is 0 Å². The summed E-state index contributed by atoms with van der Waals surface area (Å²) in [5.41, 5.74) is 0.840. The zero-order valence-corrected chi connectivity index (χ0v) is 13.7. The van der Waals surface area contributed by atoms with Gasteiger partial charge in [0.15, 0.2) is 0 Å². The lowest BCUT2D eigenvalue weighted by Gasteiger charge is -2.17. The summed E-state index contributed by atoms with van der Waals surface area (Å²) in [6, 6.07) is 10.4. The van der Waals surface area contributed by atoms with Gasteiger partial charge in [0.25, 0.3) is 0 Å². The van der Waals surface area contributed by atoms with E-state index in [9.17, 15) is 12.8 Å². The van der Waals surface area contributed by atoms with Crippen molar-refractivity contribution in [2.45, 2.75) is 10.9 Å². The Kier molecular flexibility index (Phi) is 4.39. The van der Waals surface area contributed by atoms with Crippen LogP contribution >= 0.6 is 22.7 Å². The topological polar surface area (TPSA) is 46.2 Å². The van der Waals surface area contributed by atoms with Crippen LogP contribution in [0.1, 0.15) is 16.5 Å². The summed E-state index contributed by atoms with van der Waals surface area (Å²) in [4.78, 5) is 0.519. The molecule has 114 valence electrons. The van der Waals surface area contributed by atoms with Crippen molar-refractivity contribution in [3.05, 3.63) is 74.9 Å². The second kappa shape index (κ2) is 6.29. The highest BCUT2D eigenvalue weighted by Gasteiger charge is 2.25. The Morgan fingerprint density at radius 1 is 1.05 bits per heavy atom. The fourth-order valence-electron chi connectivity index (χ4n) is 2.07. The Bertz CT molecular complexity index is 809. The number of hydrogen-bond acceptors (Lipinski definition) is 4. The van der Waals surface area contributed by atoms with Crippen LogP contribution in [0.15, 0.2) is 63.5 Å². The average Bonchev–Trinajstić information content (AvgIpc) is 3.19. The predicted molar refractivity (Wildman–Crippen MR) is 87.2 cm³/mol. The highest BCUT2D eigenvalue weighted by molar-refractivity contribution is 7.89. The SMILES string of the molecule is O=S(=O)(NC(c1ccsc1)c1cccs1)c1ccccc1F. The molecule has 0 amide bonds. The Labute approximate surface area is 136 Å². The first-order valence-corrected chi connectivity index (χ1v) is 9.71. The maximum absolute atomic E-state index is 13.8. The molecule has 2 aromatic heterocycles. The molecule has 7 heteroatoms. The first-order valence-electron chi connectivity index (χ1n) is 6.40. The summed E-state index contributed by atoms with van der Waals surface area (Å²) < 4.78 is 41.4. The molecule has 1 N–H and O–H groups in total. The van der Waals surface area contributed by atoms with Gasteiger partial charge in [-0.3, -0.25) is 0 Å². The number of benzene rings is 1. The minimum Gasteiger partial charge on any atom is -0.207 e. The first kappa shape index (κ1) is 15.4. The molecule has 0 aliphatic carbocycles. The van der Waals surface area contributed by atoms with E-state index in [1.165, 1.54) is 40.9 Å². The molecule has 0 aliphatic heterocycles. The smallest absolute Gasteiger partial charge is 0.207 e. The van der Waals surface area contributed by atoms with Gasteiger partial charge in [0.2, 0.25) is 10.0 Å². The minimum atomic E-state index is -3.96. The second-order valence-corrected chi connectivity index (χ2v) is 8.00. The molecule has 0 saturated heterocycles. The van der Waals surface area contributed by atoms with Gasteiger partial charge in [-0.25, -0.2) is 12.8 Å². The third-order valence-corrected chi connectivity index (χ3v) is 6.20. The fourth-order valence-corrected chi connectivity index (χ4v) is 4.91. The van der Waals surface area contributed by atoms with Crippen molar-refractivity contribution in [1.82, 2.24) is 4.72 Å². The molecule has 0 spiro atoms. The van der Waals surface area contributed by atoms with E-state index in [4.69, 9.17) is 0 Å². The minimum absolute atomic E-state index is 0.341.